The lowest BCUT2D eigenvalue weighted by Crippen LogP contribution is -2.13. The van der Waals surface area contributed by atoms with Crippen LogP contribution in [-0.2, 0) is 0 Å². The molecule has 3 rings (SSSR count). The van der Waals surface area contributed by atoms with Gasteiger partial charge < -0.3 is 10.7 Å². The average molecular weight is 320 g/mol. The topological polar surface area (TPSA) is 92.9 Å². The molecule has 0 aliphatic rings. The van der Waals surface area contributed by atoms with Gasteiger partial charge in [0.1, 0.15) is 11.0 Å². The first-order chi connectivity index (χ1) is 10.2. The monoisotopic (exact) mass is 319 g/mol. The van der Waals surface area contributed by atoms with Crippen molar-refractivity contribution in [3.8, 4) is 0 Å². The fourth-order valence-corrected chi connectivity index (χ4v) is 2.59. The second kappa shape index (κ2) is 5.65. The number of hydrogen-bond acceptors (Lipinski definition) is 6. The Kier molecular flexibility index (Phi) is 3.70. The molecule has 6 nitrogen and oxygen atoms in total. The number of benzene rings is 2. The van der Waals surface area contributed by atoms with Gasteiger partial charge in [-0.15, -0.1) is 0 Å². The highest BCUT2D eigenvalue weighted by atomic mass is 35.5. The van der Waals surface area contributed by atoms with Crippen LogP contribution in [0, 0.1) is 0 Å². The summed E-state index contributed by atoms with van der Waals surface area (Å²) in [6.07, 6.45) is 0. The minimum Gasteiger partial charge on any atom is -0.324 e. The van der Waals surface area contributed by atoms with E-state index < -0.39 is 0 Å². The third-order valence-electron chi connectivity index (χ3n) is 2.93. The summed E-state index contributed by atoms with van der Waals surface area (Å²) in [5.41, 5.74) is 5.46. The van der Waals surface area contributed by atoms with E-state index in [-0.39, 0.29) is 5.91 Å². The summed E-state index contributed by atoms with van der Waals surface area (Å²) >= 11 is 7.21. The first-order valence-electron chi connectivity index (χ1n) is 5.98. The summed E-state index contributed by atoms with van der Waals surface area (Å²) in [7, 11) is 0. The third kappa shape index (κ3) is 2.66. The lowest BCUT2D eigenvalue weighted by molar-refractivity contribution is 0.102. The standard InChI is InChI=1S/C13H10ClN5OS/c14-9-5-6-10-12(19-21-18-10)11(9)16-13(20)7-1-3-8(17-15)4-2-7/h1-6,17H,15H2,(H,16,20). The number of hydrogen-bond donors (Lipinski definition) is 3. The molecule has 4 N–H and O–H groups in total. The molecule has 3 aromatic rings. The van der Waals surface area contributed by atoms with Crippen LogP contribution in [0.25, 0.3) is 11.0 Å². The Bertz CT molecular complexity index is 802. The van der Waals surface area contributed by atoms with Crippen molar-refractivity contribution < 1.29 is 4.79 Å². The number of nitrogens with one attached hydrogen (secondary N) is 2. The van der Waals surface area contributed by atoms with Gasteiger partial charge in [-0.3, -0.25) is 10.6 Å². The number of fused-ring (bicyclic) bond motifs is 1. The number of carbonyl (C=O) groups excluding carboxylic acids is 1. The molecule has 1 amide bonds. The molecule has 0 saturated heterocycles. The Morgan fingerprint density at radius 1 is 1.14 bits per heavy atom. The van der Waals surface area contributed by atoms with E-state index in [2.05, 4.69) is 19.5 Å². The molecule has 0 atom stereocenters. The van der Waals surface area contributed by atoms with Crippen LogP contribution in [0.3, 0.4) is 0 Å². The van der Waals surface area contributed by atoms with Crippen LogP contribution in [0.4, 0.5) is 11.4 Å². The minimum atomic E-state index is -0.277. The largest absolute Gasteiger partial charge is 0.324 e. The molecule has 0 unspecified atom stereocenters. The number of nitrogens with zero attached hydrogens (tertiary/aromatic N) is 2. The number of nitrogen functional groups attached to an aromatic ring is 1. The number of nitrogens with two attached hydrogens (primary N) is 1. The molecule has 0 spiro atoms. The van der Waals surface area contributed by atoms with Gasteiger partial charge in [-0.25, -0.2) is 0 Å². The highest BCUT2D eigenvalue weighted by Gasteiger charge is 2.14. The molecule has 2 aromatic carbocycles. The van der Waals surface area contributed by atoms with Crippen molar-refractivity contribution in [1.29, 1.82) is 0 Å². The fourth-order valence-electron chi connectivity index (χ4n) is 1.85. The number of carbonyl (C=O) groups is 1. The van der Waals surface area contributed by atoms with Crippen LogP contribution >= 0.6 is 23.3 Å². The average Bonchev–Trinajstić information content (AvgIpc) is 2.99. The molecular formula is C13H10ClN5OS. The Morgan fingerprint density at radius 2 is 1.90 bits per heavy atom. The highest BCUT2D eigenvalue weighted by Crippen LogP contribution is 2.30. The normalized spacial score (nSPS) is 10.6. The van der Waals surface area contributed by atoms with Gasteiger partial charge >= 0.3 is 0 Å². The molecule has 0 radical (unpaired) electrons. The van der Waals surface area contributed by atoms with Crippen LogP contribution in [0.15, 0.2) is 36.4 Å². The molecule has 1 aromatic heterocycles. The molecule has 21 heavy (non-hydrogen) atoms. The van der Waals surface area contributed by atoms with Crippen LogP contribution in [0.1, 0.15) is 10.4 Å². The van der Waals surface area contributed by atoms with E-state index in [4.69, 9.17) is 17.4 Å². The van der Waals surface area contributed by atoms with Gasteiger partial charge in [0, 0.05) is 11.3 Å². The number of rotatable bonds is 3. The van der Waals surface area contributed by atoms with Crippen LogP contribution < -0.4 is 16.6 Å². The fraction of sp³-hybridized carbons (Fsp3) is 0. The molecule has 0 fully saturated rings. The van der Waals surface area contributed by atoms with E-state index in [0.717, 1.165) is 17.4 Å². The zero-order valence-electron chi connectivity index (χ0n) is 10.6. The smallest absolute Gasteiger partial charge is 0.255 e. The van der Waals surface area contributed by atoms with Crippen molar-refractivity contribution in [2.45, 2.75) is 0 Å². The summed E-state index contributed by atoms with van der Waals surface area (Å²) in [6, 6.07) is 10.2. The quantitative estimate of drug-likeness (QED) is 0.510. The maximum atomic E-state index is 12.3. The molecule has 8 heteroatoms. The number of anilines is 2. The van der Waals surface area contributed by atoms with E-state index in [1.54, 1.807) is 36.4 Å². The Morgan fingerprint density at radius 3 is 2.62 bits per heavy atom. The van der Waals surface area contributed by atoms with Gasteiger partial charge in [0.25, 0.3) is 5.91 Å². The Labute approximate surface area is 129 Å². The van der Waals surface area contributed by atoms with Crippen LogP contribution in [0.2, 0.25) is 5.02 Å². The molecule has 1 heterocycles. The van der Waals surface area contributed by atoms with E-state index in [9.17, 15) is 4.79 Å². The summed E-state index contributed by atoms with van der Waals surface area (Å²) in [4.78, 5) is 12.3. The van der Waals surface area contributed by atoms with Crippen LogP contribution in [0.5, 0.6) is 0 Å². The number of aromatic nitrogens is 2. The molecule has 0 bridgehead atoms. The predicted molar refractivity (Wildman–Crippen MR) is 84.6 cm³/mol. The third-order valence-corrected chi connectivity index (χ3v) is 3.79. The van der Waals surface area contributed by atoms with Gasteiger partial charge in [-0.05, 0) is 36.4 Å². The number of hydrazine groups is 1. The van der Waals surface area contributed by atoms with E-state index >= 15 is 0 Å². The zero-order chi connectivity index (χ0) is 14.8. The van der Waals surface area contributed by atoms with Gasteiger partial charge in [0.2, 0.25) is 0 Å². The Hall–Kier alpha value is -2.22. The summed E-state index contributed by atoms with van der Waals surface area (Å²) in [5.74, 6) is 5.01. The predicted octanol–water partition coefficient (Wildman–Crippen LogP) is 2.88. The van der Waals surface area contributed by atoms with Crippen molar-refractivity contribution in [1.82, 2.24) is 8.75 Å². The molecule has 106 valence electrons. The van der Waals surface area contributed by atoms with Crippen molar-refractivity contribution >= 4 is 51.6 Å². The SMILES string of the molecule is NNc1ccc(C(=O)Nc2c(Cl)ccc3nsnc23)cc1. The first-order valence-corrected chi connectivity index (χ1v) is 7.08. The van der Waals surface area contributed by atoms with Crippen molar-refractivity contribution in [3.05, 3.63) is 47.0 Å². The lowest BCUT2D eigenvalue weighted by atomic mass is 10.2. The van der Waals surface area contributed by atoms with Gasteiger partial charge in [-0.2, -0.15) is 8.75 Å². The molecule has 0 aliphatic carbocycles. The van der Waals surface area contributed by atoms with E-state index in [1.807, 2.05) is 0 Å². The second-order valence-electron chi connectivity index (χ2n) is 4.23. The number of amides is 1. The van der Waals surface area contributed by atoms with Crippen molar-refractivity contribution in [2.24, 2.45) is 5.84 Å². The van der Waals surface area contributed by atoms with Crippen LogP contribution in [-0.4, -0.2) is 14.7 Å². The van der Waals surface area contributed by atoms with Gasteiger partial charge in [0.05, 0.1) is 22.4 Å². The van der Waals surface area contributed by atoms with Gasteiger partial charge in [0.15, 0.2) is 0 Å². The molecule has 0 aliphatic heterocycles. The van der Waals surface area contributed by atoms with E-state index in [1.165, 1.54) is 0 Å². The maximum Gasteiger partial charge on any atom is 0.255 e. The van der Waals surface area contributed by atoms with Crippen molar-refractivity contribution in [3.63, 3.8) is 0 Å². The molecule has 0 saturated carbocycles. The summed E-state index contributed by atoms with van der Waals surface area (Å²) in [6.45, 7) is 0. The zero-order valence-corrected chi connectivity index (χ0v) is 12.2. The van der Waals surface area contributed by atoms with Crippen molar-refractivity contribution in [2.75, 3.05) is 10.7 Å². The maximum absolute atomic E-state index is 12.3. The summed E-state index contributed by atoms with van der Waals surface area (Å²) < 4.78 is 8.28. The summed E-state index contributed by atoms with van der Waals surface area (Å²) in [5, 5.41) is 3.19. The molecular weight excluding hydrogens is 310 g/mol. The second-order valence-corrected chi connectivity index (χ2v) is 5.17. The highest BCUT2D eigenvalue weighted by molar-refractivity contribution is 7.00. The first kappa shape index (κ1) is 13.7. The number of halogens is 1. The van der Waals surface area contributed by atoms with E-state index in [0.29, 0.717) is 27.3 Å². The Balaban J connectivity index is 1.92. The lowest BCUT2D eigenvalue weighted by Gasteiger charge is -2.08. The van der Waals surface area contributed by atoms with Gasteiger partial charge in [-0.1, -0.05) is 11.6 Å². The minimum absolute atomic E-state index is 0.277.